The van der Waals surface area contributed by atoms with Crippen LogP contribution in [0.2, 0.25) is 0 Å². The second-order valence-corrected chi connectivity index (χ2v) is 14.6. The van der Waals surface area contributed by atoms with Crippen LogP contribution < -0.4 is 10.6 Å². The Morgan fingerprint density at radius 2 is 1.61 bits per heavy atom. The first-order valence-corrected chi connectivity index (χ1v) is 17.2. The van der Waals surface area contributed by atoms with Crippen molar-refractivity contribution >= 4 is 54.5 Å². The van der Waals surface area contributed by atoms with Gasteiger partial charge in [0.1, 0.15) is 11.3 Å². The van der Waals surface area contributed by atoms with Gasteiger partial charge in [-0.2, -0.15) is 8.42 Å². The zero-order valence-electron chi connectivity index (χ0n) is 25.7. The van der Waals surface area contributed by atoms with Crippen LogP contribution in [0.1, 0.15) is 53.7 Å². The summed E-state index contributed by atoms with van der Waals surface area (Å²) in [7, 11) is -4.18. The van der Waals surface area contributed by atoms with Crippen LogP contribution in [0.3, 0.4) is 0 Å². The van der Waals surface area contributed by atoms with Gasteiger partial charge < -0.3 is 15.1 Å². The van der Waals surface area contributed by atoms with Gasteiger partial charge in [0.25, 0.3) is 16.0 Å². The second kappa shape index (κ2) is 13.6. The van der Waals surface area contributed by atoms with Crippen molar-refractivity contribution in [2.45, 2.75) is 38.5 Å². The number of nitrogens with one attached hydrogen (secondary N) is 2. The molecule has 0 radical (unpaired) electrons. The maximum absolute atomic E-state index is 13.9. The van der Waals surface area contributed by atoms with E-state index in [1.807, 2.05) is 78.9 Å². The normalized spacial score (nSPS) is 12.5. The molecule has 46 heavy (non-hydrogen) atoms. The van der Waals surface area contributed by atoms with Gasteiger partial charge in [0.05, 0.1) is 11.7 Å². The number of anilines is 1. The molecule has 0 saturated carbocycles. The molecule has 3 N–H and O–H groups in total. The Morgan fingerprint density at radius 3 is 2.24 bits per heavy atom. The van der Waals surface area contributed by atoms with Crippen LogP contribution in [0, 0.1) is 0 Å². The summed E-state index contributed by atoms with van der Waals surface area (Å²) in [5.41, 5.74) is 5.45. The fraction of sp³-hybridized carbons (Fsp3) is 0.222. The molecule has 0 fully saturated rings. The molecule has 1 unspecified atom stereocenters. The van der Waals surface area contributed by atoms with Crippen LogP contribution in [-0.4, -0.2) is 37.1 Å². The van der Waals surface area contributed by atoms with E-state index in [0.717, 1.165) is 39.0 Å². The lowest BCUT2D eigenvalue weighted by atomic mass is 9.84. The molecule has 2 amide bonds. The molecule has 1 heterocycles. The number of carbonyl (C=O) groups is 2. The van der Waals surface area contributed by atoms with Gasteiger partial charge in [-0.1, -0.05) is 85.2 Å². The zero-order chi connectivity index (χ0) is 33.1. The molecule has 1 aromatic heterocycles. The highest BCUT2D eigenvalue weighted by molar-refractivity contribution is 9.10. The topological polar surface area (TPSA) is 126 Å². The minimum Gasteiger partial charge on any atom is -0.456 e. The lowest BCUT2D eigenvalue weighted by molar-refractivity contribution is -0.117. The maximum atomic E-state index is 13.9. The Balaban J connectivity index is 1.36. The highest BCUT2D eigenvalue weighted by atomic mass is 79.9. The molecule has 238 valence electrons. The van der Waals surface area contributed by atoms with Gasteiger partial charge in [0.15, 0.2) is 0 Å². The van der Waals surface area contributed by atoms with Crippen molar-refractivity contribution in [1.82, 2.24) is 5.32 Å². The molecular formula is C36H35BrN2O6S. The van der Waals surface area contributed by atoms with Crippen molar-refractivity contribution in [2.75, 3.05) is 17.6 Å². The van der Waals surface area contributed by atoms with Gasteiger partial charge in [-0.05, 0) is 77.1 Å². The highest BCUT2D eigenvalue weighted by Gasteiger charge is 2.24. The summed E-state index contributed by atoms with van der Waals surface area (Å²) in [6.07, 6.45) is 0.350. The number of hydrogen-bond acceptors (Lipinski definition) is 5. The third-order valence-corrected chi connectivity index (χ3v) is 9.20. The average Bonchev–Trinajstić information content (AvgIpc) is 3.44. The molecule has 0 bridgehead atoms. The number of rotatable bonds is 10. The van der Waals surface area contributed by atoms with Gasteiger partial charge in [-0.3, -0.25) is 14.1 Å². The van der Waals surface area contributed by atoms with Crippen molar-refractivity contribution in [3.63, 3.8) is 0 Å². The summed E-state index contributed by atoms with van der Waals surface area (Å²) >= 11 is 3.56. The number of furan rings is 1. The number of carbonyl (C=O) groups excluding carboxylic acids is 2. The molecule has 0 aliphatic heterocycles. The first-order chi connectivity index (χ1) is 21.8. The van der Waals surface area contributed by atoms with Crippen LogP contribution in [0.25, 0.3) is 22.3 Å². The zero-order valence-corrected chi connectivity index (χ0v) is 28.1. The van der Waals surface area contributed by atoms with E-state index in [2.05, 4.69) is 47.3 Å². The van der Waals surface area contributed by atoms with Crippen molar-refractivity contribution in [1.29, 1.82) is 0 Å². The number of para-hydroxylation sites is 1. The predicted octanol–water partition coefficient (Wildman–Crippen LogP) is 7.74. The van der Waals surface area contributed by atoms with Gasteiger partial charge in [-0.25, -0.2) is 0 Å². The third kappa shape index (κ3) is 8.31. The average molecular weight is 704 g/mol. The van der Waals surface area contributed by atoms with Crippen LogP contribution in [0.5, 0.6) is 0 Å². The number of hydrogen-bond donors (Lipinski definition) is 3. The maximum Gasteiger partial charge on any atom is 0.266 e. The fourth-order valence-corrected chi connectivity index (χ4v) is 6.02. The Kier molecular flexibility index (Phi) is 9.81. The first-order valence-electron chi connectivity index (χ1n) is 14.8. The molecule has 10 heteroatoms. The molecule has 5 aromatic rings. The van der Waals surface area contributed by atoms with E-state index in [-0.39, 0.29) is 17.9 Å². The van der Waals surface area contributed by atoms with Crippen molar-refractivity contribution < 1.29 is 27.0 Å². The largest absolute Gasteiger partial charge is 0.456 e. The summed E-state index contributed by atoms with van der Waals surface area (Å²) in [5.74, 6) is -1.04. The first kappa shape index (κ1) is 33.1. The Hall–Kier alpha value is -4.25. The molecule has 0 aliphatic carbocycles. The van der Waals surface area contributed by atoms with Crippen molar-refractivity contribution in [3.05, 3.63) is 124 Å². The van der Waals surface area contributed by atoms with Crippen LogP contribution >= 0.6 is 15.9 Å². The van der Waals surface area contributed by atoms with Crippen LogP contribution in [0.15, 0.2) is 106 Å². The quantitative estimate of drug-likeness (QED) is 0.128. The van der Waals surface area contributed by atoms with Gasteiger partial charge in [0.2, 0.25) is 5.91 Å². The second-order valence-electron chi connectivity index (χ2n) is 12.2. The van der Waals surface area contributed by atoms with Crippen molar-refractivity contribution in [2.24, 2.45) is 0 Å². The fourth-order valence-electron chi connectivity index (χ4n) is 5.12. The van der Waals surface area contributed by atoms with E-state index < -0.39 is 27.7 Å². The smallest absolute Gasteiger partial charge is 0.266 e. The summed E-state index contributed by atoms with van der Waals surface area (Å²) in [6, 6.07) is 30.4. The highest BCUT2D eigenvalue weighted by Crippen LogP contribution is 2.32. The summed E-state index contributed by atoms with van der Waals surface area (Å²) in [6.45, 7) is 6.19. The molecule has 1 atom stereocenters. The van der Waals surface area contributed by atoms with Crippen LogP contribution in [-0.2, 0) is 26.7 Å². The van der Waals surface area contributed by atoms with Gasteiger partial charge >= 0.3 is 0 Å². The Labute approximate surface area is 277 Å². The van der Waals surface area contributed by atoms with Gasteiger partial charge in [-0.15, -0.1) is 0 Å². The summed E-state index contributed by atoms with van der Waals surface area (Å²) in [4.78, 5) is 26.4. The summed E-state index contributed by atoms with van der Waals surface area (Å²) < 4.78 is 37.5. The monoisotopic (exact) mass is 702 g/mol. The Morgan fingerprint density at radius 1 is 0.913 bits per heavy atom. The molecular weight excluding hydrogens is 668 g/mol. The third-order valence-electron chi connectivity index (χ3n) is 7.74. The lowest BCUT2D eigenvalue weighted by Gasteiger charge is -2.22. The van der Waals surface area contributed by atoms with E-state index in [0.29, 0.717) is 22.1 Å². The number of amides is 2. The predicted molar refractivity (Wildman–Crippen MR) is 185 cm³/mol. The van der Waals surface area contributed by atoms with E-state index in [1.54, 1.807) is 18.2 Å². The van der Waals surface area contributed by atoms with Crippen molar-refractivity contribution in [3.8, 4) is 11.3 Å². The molecule has 0 spiro atoms. The number of fused-ring (bicyclic) bond motifs is 1. The minimum absolute atomic E-state index is 0.0430. The molecule has 4 aromatic carbocycles. The van der Waals surface area contributed by atoms with E-state index >= 15 is 0 Å². The SMILES string of the molecule is CC(C)(C)c1ccc(C(Cc2ccc(C(=O)NCCS(=O)(=O)O)cc2Br)C(=O)Nc2ccc(-c3cc4ccccc4o3)cc2)cc1. The standard InChI is InChI=1S/C36H35BrN2O6S/c1-36(2,3)28-14-10-23(11-15-28)30(20-25-8-9-27(21-31(25)37)34(40)38-18-19-46(42,43)44)35(41)39-29-16-12-24(13-17-29)33-22-26-6-4-5-7-32(26)45-33/h4-17,21-22,30H,18-20H2,1-3H3,(H,38,40)(H,39,41)(H,42,43,44). The lowest BCUT2D eigenvalue weighted by Crippen LogP contribution is -2.29. The van der Waals surface area contributed by atoms with E-state index in [4.69, 9.17) is 8.97 Å². The van der Waals surface area contributed by atoms with Crippen LogP contribution in [0.4, 0.5) is 5.69 Å². The Bertz CT molecular complexity index is 1950. The van der Waals surface area contributed by atoms with Gasteiger partial charge in [0, 0.05) is 33.2 Å². The van der Waals surface area contributed by atoms with E-state index in [9.17, 15) is 18.0 Å². The minimum atomic E-state index is -4.18. The molecule has 8 nitrogen and oxygen atoms in total. The molecule has 5 rings (SSSR count). The molecule has 0 aliphatic rings. The molecule has 0 saturated heterocycles. The number of halogens is 1. The number of benzene rings is 4. The summed E-state index contributed by atoms with van der Waals surface area (Å²) in [5, 5.41) is 6.58. The van der Waals surface area contributed by atoms with E-state index in [1.165, 1.54) is 0 Å².